The van der Waals surface area contributed by atoms with Gasteiger partial charge in [0.15, 0.2) is 0 Å². The van der Waals surface area contributed by atoms with Gasteiger partial charge in [0.2, 0.25) is 0 Å². The summed E-state index contributed by atoms with van der Waals surface area (Å²) in [7, 11) is 0. The number of hydrogen-bond acceptors (Lipinski definition) is 2. The van der Waals surface area contributed by atoms with Gasteiger partial charge in [-0.1, -0.05) is 0 Å². The summed E-state index contributed by atoms with van der Waals surface area (Å²) in [5, 5.41) is 11.4. The average Bonchev–Trinajstić information content (AvgIpc) is 2.61. The molecule has 0 bridgehead atoms. The van der Waals surface area contributed by atoms with Crippen LogP contribution in [-0.4, -0.2) is 16.5 Å². The molecular formula is C10H10AcN3O2-. The van der Waals surface area contributed by atoms with Crippen molar-refractivity contribution >= 4 is 16.6 Å². The van der Waals surface area contributed by atoms with Crippen LogP contribution >= 0.6 is 0 Å². The van der Waals surface area contributed by atoms with Gasteiger partial charge >= 0.3 is 0 Å². The molecule has 0 saturated carbocycles. The Morgan fingerprint density at radius 1 is 1.44 bits per heavy atom. The van der Waals surface area contributed by atoms with Gasteiger partial charge in [-0.3, -0.25) is 10.1 Å². The van der Waals surface area contributed by atoms with Gasteiger partial charge in [-0.05, 0) is 18.1 Å². The van der Waals surface area contributed by atoms with Gasteiger partial charge in [-0.2, -0.15) is 0 Å². The van der Waals surface area contributed by atoms with Gasteiger partial charge in [0, 0.05) is 73.3 Å². The minimum atomic E-state index is -0.406. The van der Waals surface area contributed by atoms with Crippen molar-refractivity contribution in [2.45, 2.75) is 6.42 Å². The Kier molecular flexibility index (Phi) is 4.91. The summed E-state index contributed by atoms with van der Waals surface area (Å²) in [5.41, 5.74) is 9.08. The second kappa shape index (κ2) is 5.76. The molecule has 16 heavy (non-hydrogen) atoms. The largest absolute Gasteiger partial charge is 0.677 e. The van der Waals surface area contributed by atoms with Crippen LogP contribution in [-0.2, 0) is 6.42 Å². The summed E-state index contributed by atoms with van der Waals surface area (Å²) >= 11 is 0. The molecule has 1 aromatic heterocycles. The second-order valence-corrected chi connectivity index (χ2v) is 3.30. The van der Waals surface area contributed by atoms with Crippen molar-refractivity contribution in [1.82, 2.24) is 4.98 Å². The molecule has 0 aliphatic carbocycles. The van der Waals surface area contributed by atoms with Crippen molar-refractivity contribution < 1.29 is 49.0 Å². The Morgan fingerprint density at radius 3 is 2.81 bits per heavy atom. The molecule has 1 heterocycles. The van der Waals surface area contributed by atoms with Gasteiger partial charge in [-0.25, -0.2) is 0 Å². The monoisotopic (exact) mass is 431 g/mol. The van der Waals surface area contributed by atoms with Gasteiger partial charge in [-0.15, -0.1) is 6.54 Å². The molecule has 1 aromatic carbocycles. The number of fused-ring (bicyclic) bond motifs is 1. The summed E-state index contributed by atoms with van der Waals surface area (Å²) in [6, 6.07) is 4.72. The Labute approximate surface area is 128 Å². The third-order valence-corrected chi connectivity index (χ3v) is 2.36. The number of nitro groups is 1. The number of H-pyrrole nitrogens is 1. The van der Waals surface area contributed by atoms with Gasteiger partial charge in [0.1, 0.15) is 0 Å². The molecule has 0 aliphatic heterocycles. The maximum Gasteiger partial charge on any atom is 0.270 e. The molecule has 0 amide bonds. The summed E-state index contributed by atoms with van der Waals surface area (Å²) in [6.45, 7) is 0.287. The first-order valence-corrected chi connectivity index (χ1v) is 4.61. The van der Waals surface area contributed by atoms with E-state index in [9.17, 15) is 10.1 Å². The van der Waals surface area contributed by atoms with Crippen LogP contribution in [0.5, 0.6) is 0 Å². The predicted molar refractivity (Wildman–Crippen MR) is 57.8 cm³/mol. The minimum absolute atomic E-state index is 0. The summed E-state index contributed by atoms with van der Waals surface area (Å²) < 4.78 is 0. The third-order valence-electron chi connectivity index (χ3n) is 2.36. The van der Waals surface area contributed by atoms with Crippen molar-refractivity contribution in [3.05, 3.63) is 45.8 Å². The molecule has 2 rings (SSSR count). The summed E-state index contributed by atoms with van der Waals surface area (Å²) in [5.74, 6) is 0. The molecule has 0 unspecified atom stereocenters. The van der Waals surface area contributed by atoms with Gasteiger partial charge in [0.25, 0.3) is 5.69 Å². The van der Waals surface area contributed by atoms with Crippen molar-refractivity contribution in [3.63, 3.8) is 0 Å². The topological polar surface area (TPSA) is 82.7 Å². The maximum atomic E-state index is 10.6. The zero-order valence-electron chi connectivity index (χ0n) is 8.56. The number of aromatic nitrogens is 1. The molecule has 1 radical (unpaired) electrons. The fraction of sp³-hybridized carbons (Fsp3) is 0.200. The number of benzene rings is 1. The van der Waals surface area contributed by atoms with Gasteiger partial charge < -0.3 is 10.7 Å². The van der Waals surface area contributed by atoms with E-state index in [-0.39, 0.29) is 56.3 Å². The van der Waals surface area contributed by atoms with Crippen molar-refractivity contribution in [3.8, 4) is 0 Å². The molecule has 2 N–H and O–H groups in total. The summed E-state index contributed by atoms with van der Waals surface area (Å²) in [6.07, 6.45) is 2.42. The number of hydrogen-bond donors (Lipinski definition) is 1. The number of rotatable bonds is 3. The molecule has 6 heteroatoms. The van der Waals surface area contributed by atoms with Gasteiger partial charge in [0.05, 0.1) is 4.92 Å². The Morgan fingerprint density at radius 2 is 2.19 bits per heavy atom. The second-order valence-electron chi connectivity index (χ2n) is 3.30. The van der Waals surface area contributed by atoms with Crippen LogP contribution in [0.15, 0.2) is 24.4 Å². The van der Waals surface area contributed by atoms with Crippen LogP contribution < -0.4 is 0 Å². The first-order valence-electron chi connectivity index (χ1n) is 4.61. The number of aromatic amines is 1. The fourth-order valence-electron chi connectivity index (χ4n) is 1.62. The average molecular weight is 431 g/mol. The number of nitrogens with zero attached hydrogens (tertiary/aromatic N) is 1. The van der Waals surface area contributed by atoms with Crippen LogP contribution in [0, 0.1) is 54.2 Å². The molecular weight excluding hydrogens is 421 g/mol. The van der Waals surface area contributed by atoms with Crippen LogP contribution in [0.4, 0.5) is 5.69 Å². The SMILES string of the molecule is [Ac].[NH-]CCc1c[nH]c2ccc([N+](=O)[O-])cc12. The van der Waals surface area contributed by atoms with E-state index in [4.69, 9.17) is 5.73 Å². The molecule has 5 nitrogen and oxygen atoms in total. The number of non-ortho nitro benzene ring substituents is 1. The van der Waals surface area contributed by atoms with E-state index < -0.39 is 4.92 Å². The van der Waals surface area contributed by atoms with E-state index in [0.717, 1.165) is 16.5 Å². The van der Waals surface area contributed by atoms with E-state index in [1.807, 2.05) is 6.20 Å². The molecule has 2 aromatic rings. The van der Waals surface area contributed by atoms with Crippen molar-refractivity contribution in [2.75, 3.05) is 6.54 Å². The molecule has 0 aliphatic rings. The fourth-order valence-corrected chi connectivity index (χ4v) is 1.62. The zero-order valence-corrected chi connectivity index (χ0v) is 13.3. The van der Waals surface area contributed by atoms with Crippen molar-refractivity contribution in [2.24, 2.45) is 0 Å². The zero-order chi connectivity index (χ0) is 10.8. The van der Waals surface area contributed by atoms with Crippen molar-refractivity contribution in [1.29, 1.82) is 0 Å². The number of nitro benzene ring substituents is 1. The molecule has 0 saturated heterocycles. The number of nitrogens with one attached hydrogen (secondary N) is 2. The van der Waals surface area contributed by atoms with E-state index in [1.165, 1.54) is 6.07 Å². The third kappa shape index (κ3) is 2.62. The minimum Gasteiger partial charge on any atom is -0.677 e. The van der Waals surface area contributed by atoms with Crippen LogP contribution in [0.1, 0.15) is 5.56 Å². The van der Waals surface area contributed by atoms with E-state index >= 15 is 0 Å². The van der Waals surface area contributed by atoms with Crippen LogP contribution in [0.3, 0.4) is 0 Å². The summed E-state index contributed by atoms with van der Waals surface area (Å²) in [4.78, 5) is 13.2. The van der Waals surface area contributed by atoms with E-state index in [1.54, 1.807) is 12.1 Å². The predicted octanol–water partition coefficient (Wildman–Crippen LogP) is 2.67. The first kappa shape index (κ1) is 13.6. The Bertz CT molecular complexity index is 510. The molecule has 81 valence electrons. The smallest absolute Gasteiger partial charge is 0.270 e. The molecule has 0 atom stereocenters. The Hall–Kier alpha value is -0.438. The van der Waals surface area contributed by atoms with Crippen LogP contribution in [0.25, 0.3) is 16.6 Å². The van der Waals surface area contributed by atoms with Crippen LogP contribution in [0.2, 0.25) is 0 Å². The molecule has 0 spiro atoms. The quantitative estimate of drug-likeness (QED) is 0.599. The normalized spacial score (nSPS) is 10.1. The van der Waals surface area contributed by atoms with E-state index in [0.29, 0.717) is 6.42 Å². The van der Waals surface area contributed by atoms with E-state index in [2.05, 4.69) is 4.98 Å². The maximum absolute atomic E-state index is 10.6. The first-order chi connectivity index (χ1) is 7.22. The standard InChI is InChI=1S/C10H10N3O2.Ac/c11-4-3-7-6-12-10-2-1-8(13(14)15)5-9(7)10;/h1-2,5-6,11-12H,3-4H2;/q-1;. The Balaban J connectivity index is 0.00000128. The molecule has 0 fully saturated rings.